The molecule has 2 aromatic rings. The van der Waals surface area contributed by atoms with Crippen LogP contribution in [0.25, 0.3) is 10.9 Å². The molecule has 0 aliphatic carbocycles. The lowest BCUT2D eigenvalue weighted by molar-refractivity contribution is 0.111. The minimum absolute atomic E-state index is 0.0677. The first-order valence-electron chi connectivity index (χ1n) is 3.67. The maximum absolute atomic E-state index is 12.7. The fraction of sp³-hybridized carbons (Fsp3) is 0. The second kappa shape index (κ2) is 2.90. The lowest BCUT2D eigenvalue weighted by Crippen LogP contribution is -1.92. The van der Waals surface area contributed by atoms with Gasteiger partial charge in [0.1, 0.15) is 5.82 Å². The van der Waals surface area contributed by atoms with E-state index in [4.69, 9.17) is 0 Å². The summed E-state index contributed by atoms with van der Waals surface area (Å²) in [5.74, 6) is -0.304. The first kappa shape index (κ1) is 7.79. The van der Waals surface area contributed by atoms with Crippen molar-refractivity contribution < 1.29 is 9.18 Å². The molecule has 0 saturated heterocycles. The molecule has 4 heteroatoms. The summed E-state index contributed by atoms with van der Waals surface area (Å²) in [6.45, 7) is 0. The summed E-state index contributed by atoms with van der Waals surface area (Å²) < 4.78 is 12.7. The van der Waals surface area contributed by atoms with Gasteiger partial charge in [0.05, 0.1) is 5.52 Å². The van der Waals surface area contributed by atoms with Gasteiger partial charge in [-0.3, -0.25) is 4.79 Å². The Morgan fingerprint density at radius 2 is 2.23 bits per heavy atom. The maximum atomic E-state index is 12.7. The molecule has 1 heterocycles. The quantitative estimate of drug-likeness (QED) is 0.619. The van der Waals surface area contributed by atoms with Crippen molar-refractivity contribution in [3.63, 3.8) is 0 Å². The predicted octanol–water partition coefficient (Wildman–Crippen LogP) is 1.58. The van der Waals surface area contributed by atoms with Crippen molar-refractivity contribution in [2.45, 2.75) is 0 Å². The third-order valence-corrected chi connectivity index (χ3v) is 1.67. The number of nitrogens with zero attached hydrogens (tertiary/aromatic N) is 2. The largest absolute Gasteiger partial charge is 0.294 e. The lowest BCUT2D eigenvalue weighted by Gasteiger charge is -1.96. The van der Waals surface area contributed by atoms with Crippen LogP contribution >= 0.6 is 0 Å². The molecular weight excluding hydrogens is 171 g/mol. The lowest BCUT2D eigenvalue weighted by atomic mass is 10.2. The molecule has 1 aromatic carbocycles. The number of hydrogen-bond acceptors (Lipinski definition) is 3. The van der Waals surface area contributed by atoms with Gasteiger partial charge in [0.2, 0.25) is 0 Å². The van der Waals surface area contributed by atoms with Crippen molar-refractivity contribution >= 4 is 17.2 Å². The molecule has 0 saturated carbocycles. The number of aromatic nitrogens is 2. The van der Waals surface area contributed by atoms with E-state index in [0.717, 1.165) is 0 Å². The first-order chi connectivity index (χ1) is 6.29. The smallest absolute Gasteiger partial charge is 0.193 e. The normalized spacial score (nSPS) is 10.2. The number of aldehydes is 1. The molecule has 64 valence electrons. The monoisotopic (exact) mass is 176 g/mol. The highest BCUT2D eigenvalue weighted by atomic mass is 19.1. The molecule has 3 nitrogen and oxygen atoms in total. The predicted molar refractivity (Wildman–Crippen MR) is 44.9 cm³/mol. The summed E-state index contributed by atoms with van der Waals surface area (Å²) in [5.41, 5.74) is 0.442. The van der Waals surface area contributed by atoms with Gasteiger partial charge in [0.15, 0.2) is 12.1 Å². The number of rotatable bonds is 1. The van der Waals surface area contributed by atoms with E-state index in [1.165, 1.54) is 18.3 Å². The van der Waals surface area contributed by atoms with Crippen molar-refractivity contribution in [3.8, 4) is 0 Å². The number of benzene rings is 1. The summed E-state index contributed by atoms with van der Waals surface area (Å²) >= 11 is 0. The summed E-state index contributed by atoms with van der Waals surface area (Å²) in [7, 11) is 0. The fourth-order valence-corrected chi connectivity index (χ4v) is 1.07. The molecule has 0 N–H and O–H groups in total. The topological polar surface area (TPSA) is 42.9 Å². The molecule has 0 radical (unpaired) electrons. The van der Waals surface area contributed by atoms with Crippen LogP contribution in [0.15, 0.2) is 24.4 Å². The molecule has 0 fully saturated rings. The van der Waals surface area contributed by atoms with Gasteiger partial charge in [0.25, 0.3) is 0 Å². The fourth-order valence-electron chi connectivity index (χ4n) is 1.07. The van der Waals surface area contributed by atoms with Gasteiger partial charge in [-0.25, -0.2) is 14.4 Å². The van der Waals surface area contributed by atoms with Crippen LogP contribution in [0.2, 0.25) is 0 Å². The summed E-state index contributed by atoms with van der Waals surface area (Å²) in [4.78, 5) is 17.9. The summed E-state index contributed by atoms with van der Waals surface area (Å²) in [6, 6.07) is 4.16. The van der Waals surface area contributed by atoms with Gasteiger partial charge >= 0.3 is 0 Å². The van der Waals surface area contributed by atoms with E-state index in [9.17, 15) is 9.18 Å². The molecule has 13 heavy (non-hydrogen) atoms. The van der Waals surface area contributed by atoms with Gasteiger partial charge in [-0.15, -0.1) is 0 Å². The standard InChI is InChI=1S/C9H5FN2O/c10-7-2-1-6-4-11-9(5-13)12-8(6)3-7/h1-5H. The molecule has 0 bridgehead atoms. The molecule has 0 spiro atoms. The molecular formula is C9H5FN2O. The van der Waals surface area contributed by atoms with Gasteiger partial charge in [-0.05, 0) is 12.1 Å². The van der Waals surface area contributed by atoms with Crippen LogP contribution < -0.4 is 0 Å². The van der Waals surface area contributed by atoms with E-state index in [2.05, 4.69) is 9.97 Å². The third kappa shape index (κ3) is 1.38. The van der Waals surface area contributed by atoms with Crippen LogP contribution in [0.1, 0.15) is 10.6 Å². The Balaban J connectivity index is 2.74. The number of fused-ring (bicyclic) bond motifs is 1. The zero-order valence-corrected chi connectivity index (χ0v) is 6.57. The van der Waals surface area contributed by atoms with Gasteiger partial charge in [-0.2, -0.15) is 0 Å². The second-order valence-electron chi connectivity index (χ2n) is 2.55. The van der Waals surface area contributed by atoms with Gasteiger partial charge in [-0.1, -0.05) is 0 Å². The summed E-state index contributed by atoms with van der Waals surface area (Å²) in [5, 5.41) is 0.715. The SMILES string of the molecule is O=Cc1ncc2ccc(F)cc2n1. The highest BCUT2D eigenvalue weighted by Crippen LogP contribution is 2.11. The minimum Gasteiger partial charge on any atom is -0.294 e. The van der Waals surface area contributed by atoms with Crippen LogP contribution in [-0.2, 0) is 0 Å². The van der Waals surface area contributed by atoms with Crippen LogP contribution in [0.4, 0.5) is 4.39 Å². The van der Waals surface area contributed by atoms with Gasteiger partial charge < -0.3 is 0 Å². The number of hydrogen-bond donors (Lipinski definition) is 0. The average Bonchev–Trinajstić information content (AvgIpc) is 2.16. The van der Waals surface area contributed by atoms with E-state index >= 15 is 0 Å². The van der Waals surface area contributed by atoms with E-state index in [0.29, 0.717) is 17.2 Å². The molecule has 0 amide bonds. The molecule has 0 aliphatic heterocycles. The average molecular weight is 176 g/mol. The molecule has 1 aromatic heterocycles. The zero-order chi connectivity index (χ0) is 9.26. The Kier molecular flexibility index (Phi) is 1.73. The van der Waals surface area contributed by atoms with Crippen molar-refractivity contribution in [2.24, 2.45) is 0 Å². The Morgan fingerprint density at radius 3 is 3.00 bits per heavy atom. The van der Waals surface area contributed by atoms with E-state index < -0.39 is 0 Å². The van der Waals surface area contributed by atoms with Crippen LogP contribution in [0.5, 0.6) is 0 Å². The Hall–Kier alpha value is -1.84. The van der Waals surface area contributed by atoms with Crippen molar-refractivity contribution in [3.05, 3.63) is 36.0 Å². The van der Waals surface area contributed by atoms with E-state index in [-0.39, 0.29) is 11.6 Å². The van der Waals surface area contributed by atoms with Crippen LogP contribution in [0.3, 0.4) is 0 Å². The van der Waals surface area contributed by atoms with Crippen molar-refractivity contribution in [1.29, 1.82) is 0 Å². The maximum Gasteiger partial charge on any atom is 0.193 e. The van der Waals surface area contributed by atoms with Crippen molar-refractivity contribution in [1.82, 2.24) is 9.97 Å². The number of carbonyl (C=O) groups excluding carboxylic acids is 1. The Morgan fingerprint density at radius 1 is 1.38 bits per heavy atom. The van der Waals surface area contributed by atoms with Gasteiger partial charge in [0, 0.05) is 17.6 Å². The third-order valence-electron chi connectivity index (χ3n) is 1.67. The van der Waals surface area contributed by atoms with Crippen LogP contribution in [-0.4, -0.2) is 16.3 Å². The molecule has 0 aliphatic rings. The minimum atomic E-state index is -0.372. The Bertz CT molecular complexity index is 470. The second-order valence-corrected chi connectivity index (χ2v) is 2.55. The van der Waals surface area contributed by atoms with Crippen molar-refractivity contribution in [2.75, 3.05) is 0 Å². The van der Waals surface area contributed by atoms with E-state index in [1.54, 1.807) is 6.07 Å². The number of halogens is 1. The summed E-state index contributed by atoms with van der Waals surface area (Å²) in [6.07, 6.45) is 2.02. The van der Waals surface area contributed by atoms with E-state index in [1.807, 2.05) is 0 Å². The molecule has 0 atom stereocenters. The number of carbonyl (C=O) groups is 1. The Labute approximate surface area is 73.2 Å². The van der Waals surface area contributed by atoms with Crippen LogP contribution in [0, 0.1) is 5.82 Å². The molecule has 0 unspecified atom stereocenters. The molecule has 2 rings (SSSR count). The highest BCUT2D eigenvalue weighted by Gasteiger charge is 1.99. The highest BCUT2D eigenvalue weighted by molar-refractivity contribution is 5.80. The first-order valence-corrected chi connectivity index (χ1v) is 3.67. The zero-order valence-electron chi connectivity index (χ0n) is 6.57.